The van der Waals surface area contributed by atoms with Crippen LogP contribution < -0.4 is 21.1 Å². The molecule has 0 bridgehead atoms. The average molecular weight is 349 g/mol. The highest BCUT2D eigenvalue weighted by Crippen LogP contribution is 2.25. The summed E-state index contributed by atoms with van der Waals surface area (Å²) in [5, 5.41) is 5.43. The van der Waals surface area contributed by atoms with E-state index in [1.54, 1.807) is 31.2 Å². The van der Waals surface area contributed by atoms with Gasteiger partial charge in [0, 0.05) is 11.3 Å². The van der Waals surface area contributed by atoms with Crippen LogP contribution in [0.3, 0.4) is 0 Å². The third-order valence-corrected chi connectivity index (χ3v) is 3.28. The monoisotopic (exact) mass is 349 g/mol. The Bertz CT molecular complexity index is 768. The van der Waals surface area contributed by atoms with Crippen molar-refractivity contribution in [2.24, 2.45) is 5.73 Å². The van der Waals surface area contributed by atoms with Crippen LogP contribution in [-0.2, 0) is 4.79 Å². The van der Waals surface area contributed by atoms with Crippen LogP contribution in [0.2, 0.25) is 0 Å². The number of ether oxygens (including phenoxy) is 1. The van der Waals surface area contributed by atoms with Gasteiger partial charge in [-0.05, 0) is 37.3 Å². The van der Waals surface area contributed by atoms with Crippen LogP contribution in [0.1, 0.15) is 17.3 Å². The topological polar surface area (TPSA) is 93.5 Å². The molecule has 0 radical (unpaired) electrons. The van der Waals surface area contributed by atoms with E-state index in [0.29, 0.717) is 11.3 Å². The van der Waals surface area contributed by atoms with Gasteiger partial charge in [0.05, 0.1) is 5.69 Å². The lowest BCUT2D eigenvalue weighted by Crippen LogP contribution is -2.32. The number of para-hydroxylation sites is 2. The van der Waals surface area contributed by atoms with Gasteiger partial charge in [-0.2, -0.15) is 8.78 Å². The summed E-state index contributed by atoms with van der Waals surface area (Å²) in [5.74, 6) is -1.18. The fourth-order valence-electron chi connectivity index (χ4n) is 2.09. The molecule has 0 spiro atoms. The molecule has 0 saturated carbocycles. The number of rotatable bonds is 7. The van der Waals surface area contributed by atoms with Gasteiger partial charge in [0.2, 0.25) is 11.8 Å². The Kier molecular flexibility index (Phi) is 5.89. The normalized spacial score (nSPS) is 11.7. The second kappa shape index (κ2) is 8.09. The third kappa shape index (κ3) is 5.17. The first-order valence-electron chi connectivity index (χ1n) is 7.38. The molecule has 0 aliphatic rings. The van der Waals surface area contributed by atoms with Gasteiger partial charge < -0.3 is 21.1 Å². The zero-order valence-corrected chi connectivity index (χ0v) is 13.3. The largest absolute Gasteiger partial charge is 0.433 e. The Morgan fingerprint density at radius 3 is 2.52 bits per heavy atom. The molecule has 132 valence electrons. The number of nitrogens with one attached hydrogen (secondary N) is 2. The summed E-state index contributed by atoms with van der Waals surface area (Å²) >= 11 is 0. The highest BCUT2D eigenvalue weighted by molar-refractivity contribution is 5.98. The molecule has 25 heavy (non-hydrogen) atoms. The molecule has 2 aromatic carbocycles. The van der Waals surface area contributed by atoms with E-state index in [2.05, 4.69) is 15.4 Å². The van der Waals surface area contributed by atoms with E-state index < -0.39 is 24.5 Å². The molecule has 0 aliphatic heterocycles. The maximum absolute atomic E-state index is 12.4. The summed E-state index contributed by atoms with van der Waals surface area (Å²) < 4.78 is 29.2. The minimum Gasteiger partial charge on any atom is -0.433 e. The Labute approximate surface area is 143 Å². The van der Waals surface area contributed by atoms with Gasteiger partial charge in [0.1, 0.15) is 11.8 Å². The first-order valence-corrected chi connectivity index (χ1v) is 7.38. The molecular weight excluding hydrogens is 332 g/mol. The quantitative estimate of drug-likeness (QED) is 0.716. The second-order valence-electron chi connectivity index (χ2n) is 5.17. The highest BCUT2D eigenvalue weighted by atomic mass is 19.3. The van der Waals surface area contributed by atoms with E-state index >= 15 is 0 Å². The molecule has 2 amide bonds. The van der Waals surface area contributed by atoms with Crippen molar-refractivity contribution in [1.82, 2.24) is 0 Å². The number of halogens is 2. The number of anilines is 2. The Morgan fingerprint density at radius 2 is 1.84 bits per heavy atom. The SMILES string of the molecule is CC(Nc1cccc(C(N)=O)c1)C(=O)Nc1ccccc1OC(F)F. The molecule has 0 aromatic heterocycles. The number of carbonyl (C=O) groups excluding carboxylic acids is 2. The molecule has 0 fully saturated rings. The van der Waals surface area contributed by atoms with Crippen molar-refractivity contribution in [2.75, 3.05) is 10.6 Å². The second-order valence-corrected chi connectivity index (χ2v) is 5.17. The summed E-state index contributed by atoms with van der Waals surface area (Å²) in [4.78, 5) is 23.4. The van der Waals surface area contributed by atoms with Crippen molar-refractivity contribution < 1.29 is 23.1 Å². The maximum Gasteiger partial charge on any atom is 0.387 e. The fraction of sp³-hybridized carbons (Fsp3) is 0.176. The van der Waals surface area contributed by atoms with Gasteiger partial charge >= 0.3 is 6.61 Å². The zero-order valence-electron chi connectivity index (χ0n) is 13.3. The molecule has 0 heterocycles. The number of hydrogen-bond donors (Lipinski definition) is 3. The van der Waals surface area contributed by atoms with Gasteiger partial charge in [-0.3, -0.25) is 9.59 Å². The van der Waals surface area contributed by atoms with E-state index in [0.717, 1.165) is 0 Å². The minimum atomic E-state index is -3.00. The number of amides is 2. The number of primary amides is 1. The van der Waals surface area contributed by atoms with Gasteiger partial charge in [-0.25, -0.2) is 0 Å². The van der Waals surface area contributed by atoms with Gasteiger partial charge in [0.25, 0.3) is 0 Å². The van der Waals surface area contributed by atoms with Gasteiger partial charge in [-0.1, -0.05) is 18.2 Å². The average Bonchev–Trinajstić information content (AvgIpc) is 2.56. The maximum atomic E-state index is 12.4. The first-order chi connectivity index (χ1) is 11.9. The van der Waals surface area contributed by atoms with Crippen LogP contribution in [0.25, 0.3) is 0 Å². The van der Waals surface area contributed by atoms with E-state index in [-0.39, 0.29) is 11.4 Å². The van der Waals surface area contributed by atoms with Crippen LogP contribution in [0, 0.1) is 0 Å². The van der Waals surface area contributed by atoms with Gasteiger partial charge in [-0.15, -0.1) is 0 Å². The van der Waals surface area contributed by atoms with Gasteiger partial charge in [0.15, 0.2) is 0 Å². The van der Waals surface area contributed by atoms with Crippen molar-refractivity contribution in [3.8, 4) is 5.75 Å². The number of hydrogen-bond acceptors (Lipinski definition) is 4. The van der Waals surface area contributed by atoms with E-state index in [1.807, 2.05) is 0 Å². The Balaban J connectivity index is 2.06. The van der Waals surface area contributed by atoms with Crippen LogP contribution in [0.5, 0.6) is 5.75 Å². The summed E-state index contributed by atoms with van der Waals surface area (Å²) in [7, 11) is 0. The van der Waals surface area contributed by atoms with Crippen LogP contribution in [-0.4, -0.2) is 24.5 Å². The Morgan fingerprint density at radius 1 is 1.12 bits per heavy atom. The van der Waals surface area contributed by atoms with Crippen molar-refractivity contribution >= 4 is 23.2 Å². The van der Waals surface area contributed by atoms with Crippen LogP contribution in [0.4, 0.5) is 20.2 Å². The Hall–Kier alpha value is -3.16. The lowest BCUT2D eigenvalue weighted by atomic mass is 10.1. The molecule has 6 nitrogen and oxygen atoms in total. The number of carbonyl (C=O) groups is 2. The molecule has 8 heteroatoms. The number of alkyl halides is 2. The fourth-order valence-corrected chi connectivity index (χ4v) is 2.09. The molecule has 1 atom stereocenters. The predicted octanol–water partition coefficient (Wildman–Crippen LogP) is 2.83. The third-order valence-electron chi connectivity index (χ3n) is 3.28. The van der Waals surface area contributed by atoms with Crippen LogP contribution in [0.15, 0.2) is 48.5 Å². The van der Waals surface area contributed by atoms with Crippen molar-refractivity contribution in [3.05, 3.63) is 54.1 Å². The molecule has 1 unspecified atom stereocenters. The number of nitrogens with two attached hydrogens (primary N) is 1. The highest BCUT2D eigenvalue weighted by Gasteiger charge is 2.16. The minimum absolute atomic E-state index is 0.131. The standard InChI is InChI=1S/C17H17F2N3O3/c1-10(21-12-6-4-5-11(9-12)15(20)23)16(24)22-13-7-2-3-8-14(13)25-17(18)19/h2-10,17,21H,1H3,(H2,20,23)(H,22,24). The zero-order chi connectivity index (χ0) is 18.4. The lowest BCUT2D eigenvalue weighted by molar-refractivity contribution is -0.116. The van der Waals surface area contributed by atoms with E-state index in [9.17, 15) is 18.4 Å². The molecule has 2 rings (SSSR count). The van der Waals surface area contributed by atoms with E-state index in [1.165, 1.54) is 24.3 Å². The smallest absolute Gasteiger partial charge is 0.387 e. The molecule has 0 aliphatic carbocycles. The van der Waals surface area contributed by atoms with E-state index in [4.69, 9.17) is 5.73 Å². The summed E-state index contributed by atoms with van der Waals surface area (Å²) in [6.45, 7) is -1.41. The number of benzene rings is 2. The molecule has 2 aromatic rings. The van der Waals surface area contributed by atoms with Crippen LogP contribution >= 0.6 is 0 Å². The lowest BCUT2D eigenvalue weighted by Gasteiger charge is -2.17. The predicted molar refractivity (Wildman–Crippen MR) is 89.7 cm³/mol. The molecule has 0 saturated heterocycles. The summed E-state index contributed by atoms with van der Waals surface area (Å²) in [6, 6.07) is 11.5. The first kappa shape index (κ1) is 18.2. The van der Waals surface area contributed by atoms with Crippen molar-refractivity contribution in [2.45, 2.75) is 19.6 Å². The van der Waals surface area contributed by atoms with Crippen molar-refractivity contribution in [1.29, 1.82) is 0 Å². The summed E-state index contributed by atoms with van der Waals surface area (Å²) in [5.41, 5.74) is 6.17. The van der Waals surface area contributed by atoms with Crippen molar-refractivity contribution in [3.63, 3.8) is 0 Å². The summed E-state index contributed by atoms with van der Waals surface area (Å²) in [6.07, 6.45) is 0. The molecular formula is C17H17F2N3O3. The molecule has 4 N–H and O–H groups in total.